The van der Waals surface area contributed by atoms with E-state index in [0.717, 1.165) is 24.1 Å². The van der Waals surface area contributed by atoms with Crippen molar-refractivity contribution in [3.05, 3.63) is 28.8 Å². The van der Waals surface area contributed by atoms with Gasteiger partial charge in [-0.05, 0) is 31.0 Å². The predicted molar refractivity (Wildman–Crippen MR) is 54.5 cm³/mol. The molecule has 4 heteroatoms. The molecule has 2 amide bonds. The molecular weight excluding hydrogens is 200 g/mol. The highest BCUT2D eigenvalue weighted by Gasteiger charge is 2.49. The molecule has 0 saturated heterocycles. The second kappa shape index (κ2) is 2.42. The molecule has 0 bridgehead atoms. The summed E-state index contributed by atoms with van der Waals surface area (Å²) in [6.45, 7) is 0. The summed E-state index contributed by atoms with van der Waals surface area (Å²) < 4.78 is 0. The maximum absolute atomic E-state index is 11.3. The molecule has 1 aliphatic carbocycles. The second-order valence-electron chi connectivity index (χ2n) is 3.85. The van der Waals surface area contributed by atoms with Crippen molar-refractivity contribution in [3.63, 3.8) is 0 Å². The maximum Gasteiger partial charge on any atom is 0.319 e. The number of carbonyl (C=O) groups is 1. The number of halogens is 1. The first-order valence-electron chi connectivity index (χ1n) is 4.59. The van der Waals surface area contributed by atoms with Crippen LogP contribution in [-0.2, 0) is 5.54 Å². The quantitative estimate of drug-likeness (QED) is 0.676. The summed E-state index contributed by atoms with van der Waals surface area (Å²) >= 11 is 5.93. The number of rotatable bonds is 0. The minimum atomic E-state index is -0.122. The summed E-state index contributed by atoms with van der Waals surface area (Å²) in [5.41, 5.74) is 1.88. The van der Waals surface area contributed by atoms with Gasteiger partial charge in [0.15, 0.2) is 0 Å². The van der Waals surface area contributed by atoms with E-state index in [1.807, 2.05) is 12.1 Å². The lowest BCUT2D eigenvalue weighted by Crippen LogP contribution is -2.42. The molecule has 1 aromatic carbocycles. The van der Waals surface area contributed by atoms with Crippen LogP contribution in [0.4, 0.5) is 10.5 Å². The number of carbonyl (C=O) groups excluding carboxylic acids is 1. The third-order valence-electron chi connectivity index (χ3n) is 2.85. The molecule has 1 saturated carbocycles. The fourth-order valence-corrected chi connectivity index (χ4v) is 2.15. The summed E-state index contributed by atoms with van der Waals surface area (Å²) in [5.74, 6) is 0. The van der Waals surface area contributed by atoms with Crippen LogP contribution >= 0.6 is 11.6 Å². The average Bonchev–Trinajstić information content (AvgIpc) is 2.88. The summed E-state index contributed by atoms with van der Waals surface area (Å²) in [5, 5.41) is 6.43. The number of amides is 2. The Labute approximate surface area is 86.4 Å². The van der Waals surface area contributed by atoms with Crippen LogP contribution in [0.1, 0.15) is 18.4 Å². The molecule has 3 rings (SSSR count). The van der Waals surface area contributed by atoms with Crippen molar-refractivity contribution in [3.8, 4) is 0 Å². The summed E-state index contributed by atoms with van der Waals surface area (Å²) in [6, 6.07) is 5.46. The van der Waals surface area contributed by atoms with Gasteiger partial charge in [0.25, 0.3) is 0 Å². The molecule has 0 radical (unpaired) electrons. The minimum absolute atomic E-state index is 0.114. The van der Waals surface area contributed by atoms with Gasteiger partial charge in [-0.2, -0.15) is 0 Å². The van der Waals surface area contributed by atoms with Gasteiger partial charge < -0.3 is 10.6 Å². The van der Waals surface area contributed by atoms with Crippen LogP contribution in [0.15, 0.2) is 18.2 Å². The van der Waals surface area contributed by atoms with E-state index in [0.29, 0.717) is 5.02 Å². The molecule has 72 valence electrons. The maximum atomic E-state index is 11.3. The van der Waals surface area contributed by atoms with E-state index in [1.165, 1.54) is 0 Å². The Morgan fingerprint density at radius 3 is 2.86 bits per heavy atom. The Morgan fingerprint density at radius 1 is 1.36 bits per heavy atom. The van der Waals surface area contributed by atoms with Crippen LogP contribution in [-0.4, -0.2) is 6.03 Å². The molecule has 1 spiro atoms. The van der Waals surface area contributed by atoms with Crippen molar-refractivity contribution in [2.45, 2.75) is 18.4 Å². The Bertz CT molecular complexity index is 426. The normalized spacial score (nSPS) is 21.1. The van der Waals surface area contributed by atoms with Gasteiger partial charge in [0.1, 0.15) is 0 Å². The van der Waals surface area contributed by atoms with E-state index in [2.05, 4.69) is 10.6 Å². The standard InChI is InChI=1S/C10H9ClN2O/c11-6-1-2-8-7(5-6)10(3-4-10)13-9(14)12-8/h1-2,5H,3-4H2,(H2,12,13,14). The highest BCUT2D eigenvalue weighted by atomic mass is 35.5. The topological polar surface area (TPSA) is 41.1 Å². The molecule has 1 heterocycles. The smallest absolute Gasteiger partial charge is 0.319 e. The zero-order chi connectivity index (χ0) is 9.76. The minimum Gasteiger partial charge on any atom is -0.328 e. The fourth-order valence-electron chi connectivity index (χ4n) is 1.98. The average molecular weight is 209 g/mol. The van der Waals surface area contributed by atoms with Crippen molar-refractivity contribution < 1.29 is 4.79 Å². The SMILES string of the molecule is O=C1Nc2ccc(Cl)cc2C2(CC2)N1. The van der Waals surface area contributed by atoms with Crippen molar-refractivity contribution in [1.29, 1.82) is 0 Å². The molecule has 3 nitrogen and oxygen atoms in total. The van der Waals surface area contributed by atoms with Crippen LogP contribution in [0.5, 0.6) is 0 Å². The van der Waals surface area contributed by atoms with Gasteiger partial charge in [0, 0.05) is 16.3 Å². The molecule has 14 heavy (non-hydrogen) atoms. The third kappa shape index (κ3) is 1.02. The molecule has 1 aliphatic heterocycles. The van der Waals surface area contributed by atoms with Gasteiger partial charge in [0.05, 0.1) is 5.54 Å². The highest BCUT2D eigenvalue weighted by molar-refractivity contribution is 6.30. The molecule has 2 N–H and O–H groups in total. The van der Waals surface area contributed by atoms with Crippen molar-refractivity contribution in [1.82, 2.24) is 5.32 Å². The summed E-state index contributed by atoms with van der Waals surface area (Å²) in [6.07, 6.45) is 2.02. The van der Waals surface area contributed by atoms with E-state index in [-0.39, 0.29) is 11.6 Å². The van der Waals surface area contributed by atoms with Crippen LogP contribution in [0, 0.1) is 0 Å². The number of urea groups is 1. The number of benzene rings is 1. The van der Waals surface area contributed by atoms with Gasteiger partial charge in [-0.3, -0.25) is 0 Å². The molecule has 1 aromatic rings. The Balaban J connectivity index is 2.18. The van der Waals surface area contributed by atoms with E-state index in [4.69, 9.17) is 11.6 Å². The van der Waals surface area contributed by atoms with Gasteiger partial charge in [-0.25, -0.2) is 4.79 Å². The summed E-state index contributed by atoms with van der Waals surface area (Å²) in [7, 11) is 0. The van der Waals surface area contributed by atoms with E-state index >= 15 is 0 Å². The predicted octanol–water partition coefficient (Wildman–Crippen LogP) is 2.46. The highest BCUT2D eigenvalue weighted by Crippen LogP contribution is 2.50. The van der Waals surface area contributed by atoms with E-state index in [1.54, 1.807) is 6.07 Å². The molecule has 1 fully saturated rings. The monoisotopic (exact) mass is 208 g/mol. The second-order valence-corrected chi connectivity index (χ2v) is 4.29. The first kappa shape index (κ1) is 8.12. The van der Waals surface area contributed by atoms with Crippen LogP contribution in [0.2, 0.25) is 5.02 Å². The third-order valence-corrected chi connectivity index (χ3v) is 3.08. The zero-order valence-electron chi connectivity index (χ0n) is 7.43. The first-order valence-corrected chi connectivity index (χ1v) is 4.97. The lowest BCUT2D eigenvalue weighted by atomic mass is 10.0. The number of anilines is 1. The van der Waals surface area contributed by atoms with Crippen molar-refractivity contribution in [2.75, 3.05) is 5.32 Å². The molecule has 0 atom stereocenters. The Hall–Kier alpha value is -1.22. The van der Waals surface area contributed by atoms with Gasteiger partial charge >= 0.3 is 6.03 Å². The Kier molecular flexibility index (Phi) is 1.40. The number of hydrogen-bond acceptors (Lipinski definition) is 1. The molecule has 0 aromatic heterocycles. The summed E-state index contributed by atoms with van der Waals surface area (Å²) in [4.78, 5) is 11.3. The largest absolute Gasteiger partial charge is 0.328 e. The van der Waals surface area contributed by atoms with Crippen LogP contribution in [0.3, 0.4) is 0 Å². The van der Waals surface area contributed by atoms with Crippen molar-refractivity contribution >= 4 is 23.3 Å². The van der Waals surface area contributed by atoms with E-state index < -0.39 is 0 Å². The zero-order valence-corrected chi connectivity index (χ0v) is 8.19. The fraction of sp³-hybridized carbons (Fsp3) is 0.300. The van der Waals surface area contributed by atoms with Gasteiger partial charge in [-0.15, -0.1) is 0 Å². The van der Waals surface area contributed by atoms with Gasteiger partial charge in [-0.1, -0.05) is 11.6 Å². The Morgan fingerprint density at radius 2 is 2.14 bits per heavy atom. The van der Waals surface area contributed by atoms with Crippen molar-refractivity contribution in [2.24, 2.45) is 0 Å². The molecule has 2 aliphatic rings. The lowest BCUT2D eigenvalue weighted by molar-refractivity contribution is 0.246. The molecular formula is C10H9ClN2O. The number of hydrogen-bond donors (Lipinski definition) is 2. The van der Waals surface area contributed by atoms with E-state index in [9.17, 15) is 4.79 Å². The molecule has 0 unspecified atom stereocenters. The van der Waals surface area contributed by atoms with Gasteiger partial charge in [0.2, 0.25) is 0 Å². The van der Waals surface area contributed by atoms with Crippen LogP contribution in [0.25, 0.3) is 0 Å². The number of fused-ring (bicyclic) bond motifs is 2. The number of nitrogens with one attached hydrogen (secondary N) is 2. The first-order chi connectivity index (χ1) is 6.70. The van der Waals surface area contributed by atoms with Crippen LogP contribution < -0.4 is 10.6 Å². The lowest BCUT2D eigenvalue weighted by Gasteiger charge is -2.27.